The van der Waals surface area contributed by atoms with Crippen molar-refractivity contribution in [2.24, 2.45) is 0 Å². The highest BCUT2D eigenvalue weighted by Gasteiger charge is 2.16. The van der Waals surface area contributed by atoms with Gasteiger partial charge in [0.2, 0.25) is 5.88 Å². The summed E-state index contributed by atoms with van der Waals surface area (Å²) in [5.74, 6) is 2.09. The predicted molar refractivity (Wildman–Crippen MR) is 128 cm³/mol. The van der Waals surface area contributed by atoms with Crippen LogP contribution in [0.15, 0.2) is 65.8 Å². The molecule has 0 radical (unpaired) electrons. The fourth-order valence-corrected chi connectivity index (χ4v) is 4.54. The standard InChI is InChI=1S/C24H25N5O4S/c1-5-32-22-11-10-21(12-16(22)2)34(30,31)28-19-6-8-20(9-7-19)33-24-14-23(25-15-26-24)29-18(4)13-17(3)27-29/h6-15,28H,5H2,1-4H3. The van der Waals surface area contributed by atoms with Gasteiger partial charge in [-0.15, -0.1) is 0 Å². The molecule has 4 rings (SSSR count). The number of hydrogen-bond donors (Lipinski definition) is 1. The van der Waals surface area contributed by atoms with Crippen LogP contribution in [0.3, 0.4) is 0 Å². The quantitative estimate of drug-likeness (QED) is 0.394. The van der Waals surface area contributed by atoms with Gasteiger partial charge in [-0.25, -0.2) is 23.1 Å². The third kappa shape index (κ3) is 5.18. The van der Waals surface area contributed by atoms with E-state index in [0.29, 0.717) is 35.5 Å². The molecule has 2 heterocycles. The van der Waals surface area contributed by atoms with Crippen LogP contribution in [0, 0.1) is 20.8 Å². The van der Waals surface area contributed by atoms with Gasteiger partial charge in [0.15, 0.2) is 5.82 Å². The molecule has 4 aromatic rings. The van der Waals surface area contributed by atoms with E-state index in [4.69, 9.17) is 9.47 Å². The summed E-state index contributed by atoms with van der Waals surface area (Å²) >= 11 is 0. The van der Waals surface area contributed by atoms with Gasteiger partial charge in [0.25, 0.3) is 10.0 Å². The van der Waals surface area contributed by atoms with Crippen molar-refractivity contribution in [3.63, 3.8) is 0 Å². The minimum atomic E-state index is -3.75. The number of aromatic nitrogens is 4. The van der Waals surface area contributed by atoms with E-state index in [2.05, 4.69) is 19.8 Å². The van der Waals surface area contributed by atoms with Crippen molar-refractivity contribution >= 4 is 15.7 Å². The lowest BCUT2D eigenvalue weighted by Crippen LogP contribution is -2.13. The van der Waals surface area contributed by atoms with Crippen molar-refractivity contribution in [1.82, 2.24) is 19.7 Å². The Morgan fingerprint density at radius 2 is 1.74 bits per heavy atom. The number of nitrogens with one attached hydrogen (secondary N) is 1. The Hall–Kier alpha value is -3.92. The van der Waals surface area contributed by atoms with Gasteiger partial charge in [0, 0.05) is 17.4 Å². The van der Waals surface area contributed by atoms with Crippen molar-refractivity contribution in [3.8, 4) is 23.2 Å². The van der Waals surface area contributed by atoms with E-state index >= 15 is 0 Å². The number of sulfonamides is 1. The van der Waals surface area contributed by atoms with E-state index in [1.165, 1.54) is 12.4 Å². The SMILES string of the molecule is CCOc1ccc(S(=O)(=O)Nc2ccc(Oc3cc(-n4nc(C)cc4C)ncn3)cc2)cc1C. The first-order valence-electron chi connectivity index (χ1n) is 10.6. The van der Waals surface area contributed by atoms with Crippen LogP contribution in [-0.4, -0.2) is 34.8 Å². The van der Waals surface area contributed by atoms with Gasteiger partial charge in [-0.3, -0.25) is 4.72 Å². The van der Waals surface area contributed by atoms with Crippen LogP contribution in [0.1, 0.15) is 23.9 Å². The highest BCUT2D eigenvalue weighted by atomic mass is 32.2. The Morgan fingerprint density at radius 1 is 0.971 bits per heavy atom. The summed E-state index contributed by atoms with van der Waals surface area (Å²) in [7, 11) is -3.75. The molecule has 0 bridgehead atoms. The summed E-state index contributed by atoms with van der Waals surface area (Å²) in [4.78, 5) is 8.56. The van der Waals surface area contributed by atoms with Gasteiger partial charge >= 0.3 is 0 Å². The molecule has 0 fully saturated rings. The number of anilines is 1. The molecule has 0 unspecified atom stereocenters. The Kier molecular flexibility index (Phi) is 6.51. The molecular formula is C24H25N5O4S. The van der Waals surface area contributed by atoms with Gasteiger partial charge in [0.05, 0.1) is 17.2 Å². The minimum Gasteiger partial charge on any atom is -0.494 e. The van der Waals surface area contributed by atoms with E-state index in [-0.39, 0.29) is 4.90 Å². The summed E-state index contributed by atoms with van der Waals surface area (Å²) in [6.45, 7) is 8.05. The maximum absolute atomic E-state index is 12.8. The average molecular weight is 480 g/mol. The van der Waals surface area contributed by atoms with E-state index in [1.54, 1.807) is 47.1 Å². The van der Waals surface area contributed by atoms with E-state index < -0.39 is 10.0 Å². The largest absolute Gasteiger partial charge is 0.494 e. The third-order valence-electron chi connectivity index (χ3n) is 4.94. The smallest absolute Gasteiger partial charge is 0.261 e. The molecule has 0 saturated carbocycles. The molecule has 2 aromatic carbocycles. The molecule has 0 aliphatic carbocycles. The Balaban J connectivity index is 1.47. The van der Waals surface area contributed by atoms with Crippen LogP contribution in [0.2, 0.25) is 0 Å². The van der Waals surface area contributed by atoms with Crippen LogP contribution >= 0.6 is 0 Å². The zero-order valence-corrected chi connectivity index (χ0v) is 20.1. The zero-order valence-electron chi connectivity index (χ0n) is 19.3. The van der Waals surface area contributed by atoms with Crippen LogP contribution in [0.4, 0.5) is 5.69 Å². The second-order valence-electron chi connectivity index (χ2n) is 7.65. The number of aryl methyl sites for hydroxylation is 3. The van der Waals surface area contributed by atoms with Crippen molar-refractivity contribution in [1.29, 1.82) is 0 Å². The van der Waals surface area contributed by atoms with Crippen LogP contribution in [-0.2, 0) is 10.0 Å². The van der Waals surface area contributed by atoms with Crippen LogP contribution in [0.5, 0.6) is 17.4 Å². The van der Waals surface area contributed by atoms with Crippen LogP contribution < -0.4 is 14.2 Å². The lowest BCUT2D eigenvalue weighted by Gasteiger charge is -2.12. The first kappa shape index (κ1) is 23.2. The number of nitrogens with zero attached hydrogens (tertiary/aromatic N) is 4. The van der Waals surface area contributed by atoms with Crippen molar-refractivity contribution < 1.29 is 17.9 Å². The van der Waals surface area contributed by atoms with Crippen molar-refractivity contribution in [2.75, 3.05) is 11.3 Å². The topological polar surface area (TPSA) is 108 Å². The molecule has 10 heteroatoms. The van der Waals surface area contributed by atoms with Gasteiger partial charge < -0.3 is 9.47 Å². The number of ether oxygens (including phenoxy) is 2. The predicted octanol–water partition coefficient (Wildman–Crippen LogP) is 4.58. The molecule has 34 heavy (non-hydrogen) atoms. The zero-order chi connectivity index (χ0) is 24.3. The lowest BCUT2D eigenvalue weighted by molar-refractivity contribution is 0.337. The van der Waals surface area contributed by atoms with Crippen LogP contribution in [0.25, 0.3) is 5.82 Å². The van der Waals surface area contributed by atoms with Crippen molar-refractivity contribution in [2.45, 2.75) is 32.6 Å². The summed E-state index contributed by atoms with van der Waals surface area (Å²) in [5, 5.41) is 4.42. The molecule has 0 atom stereocenters. The summed E-state index contributed by atoms with van der Waals surface area (Å²) < 4.78 is 41.2. The van der Waals surface area contributed by atoms with Gasteiger partial charge in [-0.05, 0) is 81.8 Å². The fraction of sp³-hybridized carbons (Fsp3) is 0.208. The molecule has 0 saturated heterocycles. The third-order valence-corrected chi connectivity index (χ3v) is 6.32. The fourth-order valence-electron chi connectivity index (χ4n) is 3.39. The molecule has 0 aliphatic heterocycles. The van der Waals surface area contributed by atoms with Gasteiger partial charge in [-0.2, -0.15) is 5.10 Å². The average Bonchev–Trinajstić information content (AvgIpc) is 3.14. The molecule has 0 spiro atoms. The molecule has 176 valence electrons. The lowest BCUT2D eigenvalue weighted by atomic mass is 10.2. The molecule has 9 nitrogen and oxygen atoms in total. The molecule has 1 N–H and O–H groups in total. The Morgan fingerprint density at radius 3 is 2.38 bits per heavy atom. The maximum Gasteiger partial charge on any atom is 0.261 e. The second kappa shape index (κ2) is 9.52. The molecule has 0 aliphatic rings. The number of hydrogen-bond acceptors (Lipinski definition) is 7. The number of benzene rings is 2. The minimum absolute atomic E-state index is 0.159. The first-order valence-corrected chi connectivity index (χ1v) is 12.1. The molecule has 0 amide bonds. The van der Waals surface area contributed by atoms with E-state index in [9.17, 15) is 8.42 Å². The Bertz CT molecular complexity index is 1420. The monoisotopic (exact) mass is 479 g/mol. The Labute approximate surface area is 198 Å². The van der Waals surface area contributed by atoms with Gasteiger partial charge in [0.1, 0.15) is 17.8 Å². The highest BCUT2D eigenvalue weighted by Crippen LogP contribution is 2.26. The summed E-state index contributed by atoms with van der Waals surface area (Å²) in [6, 6.07) is 15.0. The second-order valence-corrected chi connectivity index (χ2v) is 9.33. The molecule has 2 aromatic heterocycles. The van der Waals surface area contributed by atoms with E-state index in [1.807, 2.05) is 33.8 Å². The van der Waals surface area contributed by atoms with E-state index in [0.717, 1.165) is 17.0 Å². The summed E-state index contributed by atoms with van der Waals surface area (Å²) in [6.07, 6.45) is 1.41. The first-order chi connectivity index (χ1) is 16.2. The van der Waals surface area contributed by atoms with Crippen molar-refractivity contribution in [3.05, 3.63) is 77.9 Å². The highest BCUT2D eigenvalue weighted by molar-refractivity contribution is 7.92. The maximum atomic E-state index is 12.8. The summed E-state index contributed by atoms with van der Waals surface area (Å²) in [5.41, 5.74) is 2.99. The normalized spacial score (nSPS) is 11.3. The number of rotatable bonds is 8. The van der Waals surface area contributed by atoms with Gasteiger partial charge in [-0.1, -0.05) is 0 Å². The molecular weight excluding hydrogens is 454 g/mol.